The van der Waals surface area contributed by atoms with Crippen molar-refractivity contribution in [3.8, 4) is 0 Å². The smallest absolute Gasteiger partial charge is 0.222 e. The summed E-state index contributed by atoms with van der Waals surface area (Å²) >= 11 is 0. The van der Waals surface area contributed by atoms with Gasteiger partial charge >= 0.3 is 0 Å². The average Bonchev–Trinajstić information content (AvgIpc) is 2.88. The fourth-order valence-electron chi connectivity index (χ4n) is 3.73. The first-order valence-corrected chi connectivity index (χ1v) is 8.77. The molecule has 1 aromatic rings. The van der Waals surface area contributed by atoms with Crippen LogP contribution in [-0.2, 0) is 24.1 Å². The minimum Gasteiger partial charge on any atom is -0.393 e. The molecule has 2 heterocycles. The van der Waals surface area contributed by atoms with Gasteiger partial charge in [0.05, 0.1) is 17.9 Å². The van der Waals surface area contributed by atoms with E-state index in [1.807, 2.05) is 4.90 Å². The summed E-state index contributed by atoms with van der Waals surface area (Å²) in [6, 6.07) is 0. The number of aryl methyl sites for hydroxylation is 2. The lowest BCUT2D eigenvalue weighted by atomic mass is 9.94. The number of carbonyl (C=O) groups excluding carboxylic acids is 1. The number of aliphatic hydroxyl groups excluding tert-OH is 1. The Kier molecular flexibility index (Phi) is 5.02. The van der Waals surface area contributed by atoms with Crippen molar-refractivity contribution in [3.63, 3.8) is 0 Å². The van der Waals surface area contributed by atoms with Crippen LogP contribution in [0, 0.1) is 0 Å². The van der Waals surface area contributed by atoms with Crippen LogP contribution in [0.2, 0.25) is 0 Å². The number of nitrogens with one attached hydrogen (secondary N) is 1. The maximum absolute atomic E-state index is 12.5. The maximum Gasteiger partial charge on any atom is 0.222 e. The summed E-state index contributed by atoms with van der Waals surface area (Å²) in [5.41, 5.74) is 2.61. The Balaban J connectivity index is 1.54. The monoisotopic (exact) mass is 321 g/mol. The molecule has 2 aliphatic rings. The Morgan fingerprint density at radius 2 is 2.04 bits per heavy atom. The highest BCUT2D eigenvalue weighted by molar-refractivity contribution is 5.76. The van der Waals surface area contributed by atoms with Gasteiger partial charge in [-0.15, -0.1) is 0 Å². The van der Waals surface area contributed by atoms with Gasteiger partial charge in [-0.3, -0.25) is 9.89 Å². The molecule has 3 N–H and O–H groups in total. The molecule has 0 radical (unpaired) electrons. The lowest BCUT2D eigenvalue weighted by Crippen LogP contribution is -2.36. The van der Waals surface area contributed by atoms with Crippen molar-refractivity contribution in [1.29, 1.82) is 0 Å². The number of nitrogens with zero attached hydrogens (tertiary/aromatic N) is 2. The lowest BCUT2D eigenvalue weighted by Gasteiger charge is -2.24. The van der Waals surface area contributed by atoms with Crippen molar-refractivity contribution in [3.05, 3.63) is 17.0 Å². The first-order valence-electron chi connectivity index (χ1n) is 8.77. The van der Waals surface area contributed by atoms with Gasteiger partial charge < -0.3 is 15.1 Å². The van der Waals surface area contributed by atoms with Gasteiger partial charge in [0.1, 0.15) is 0 Å². The predicted octanol–water partition coefficient (Wildman–Crippen LogP) is 0.957. The van der Waals surface area contributed by atoms with E-state index in [9.17, 15) is 15.0 Å². The van der Waals surface area contributed by atoms with Crippen LogP contribution in [0.4, 0.5) is 0 Å². The van der Waals surface area contributed by atoms with Gasteiger partial charge in [0, 0.05) is 31.6 Å². The molecule has 23 heavy (non-hydrogen) atoms. The number of fused-ring (bicyclic) bond motifs is 1. The number of amides is 1. The summed E-state index contributed by atoms with van der Waals surface area (Å²) in [7, 11) is 0. The molecule has 1 amide bonds. The van der Waals surface area contributed by atoms with Gasteiger partial charge in [0.15, 0.2) is 0 Å². The van der Waals surface area contributed by atoms with Gasteiger partial charge in [-0.2, -0.15) is 5.10 Å². The highest BCUT2D eigenvalue weighted by Gasteiger charge is 2.30. The first kappa shape index (κ1) is 16.5. The average molecular weight is 321 g/mol. The van der Waals surface area contributed by atoms with E-state index in [0.29, 0.717) is 38.8 Å². The minimum absolute atomic E-state index is 0.125. The van der Waals surface area contributed by atoms with E-state index >= 15 is 0 Å². The summed E-state index contributed by atoms with van der Waals surface area (Å²) in [6.45, 7) is 0.961. The second-order valence-electron chi connectivity index (χ2n) is 6.95. The molecule has 1 saturated heterocycles. The molecule has 1 aliphatic heterocycles. The molecule has 1 aromatic heterocycles. The van der Waals surface area contributed by atoms with Crippen molar-refractivity contribution in [1.82, 2.24) is 15.1 Å². The zero-order valence-electron chi connectivity index (χ0n) is 13.7. The zero-order chi connectivity index (χ0) is 16.3. The standard InChI is InChI=1S/C17H27N3O3/c21-12-17(23)8-3-10-20(11-9-17)16(22)7-6-15-13-4-1-2-5-14(13)18-19-15/h21,23H,1-12H2,(H,18,19)/t17-/m1/s1. The first-order chi connectivity index (χ1) is 11.1. The van der Waals surface area contributed by atoms with E-state index in [2.05, 4.69) is 10.2 Å². The molecular weight excluding hydrogens is 294 g/mol. The molecule has 0 bridgehead atoms. The predicted molar refractivity (Wildman–Crippen MR) is 86.0 cm³/mol. The van der Waals surface area contributed by atoms with Gasteiger partial charge in [-0.05, 0) is 50.5 Å². The van der Waals surface area contributed by atoms with E-state index in [0.717, 1.165) is 25.0 Å². The summed E-state index contributed by atoms with van der Waals surface area (Å²) in [5.74, 6) is 0.125. The third-order valence-corrected chi connectivity index (χ3v) is 5.28. The number of hydrogen-bond acceptors (Lipinski definition) is 4. The number of H-pyrrole nitrogens is 1. The molecule has 1 fully saturated rings. The second kappa shape index (κ2) is 7.01. The fraction of sp³-hybridized carbons (Fsp3) is 0.765. The normalized spacial score (nSPS) is 25.0. The van der Waals surface area contributed by atoms with Crippen LogP contribution >= 0.6 is 0 Å². The van der Waals surface area contributed by atoms with Crippen molar-refractivity contribution < 1.29 is 15.0 Å². The van der Waals surface area contributed by atoms with Crippen molar-refractivity contribution in [2.45, 2.75) is 63.4 Å². The summed E-state index contributed by atoms with van der Waals surface area (Å²) < 4.78 is 0. The molecule has 6 heteroatoms. The maximum atomic E-state index is 12.5. The van der Waals surface area contributed by atoms with Crippen LogP contribution in [0.1, 0.15) is 55.5 Å². The molecule has 0 aromatic carbocycles. The topological polar surface area (TPSA) is 89.5 Å². The number of aromatic nitrogens is 2. The largest absolute Gasteiger partial charge is 0.393 e. The van der Waals surface area contributed by atoms with Crippen LogP contribution in [-0.4, -0.2) is 56.5 Å². The molecule has 0 spiro atoms. The Bertz CT molecular complexity index is 557. The van der Waals surface area contributed by atoms with Crippen molar-refractivity contribution in [2.24, 2.45) is 0 Å². The van der Waals surface area contributed by atoms with E-state index in [1.165, 1.54) is 24.1 Å². The Morgan fingerprint density at radius 3 is 2.87 bits per heavy atom. The Hall–Kier alpha value is -1.40. The molecule has 3 rings (SSSR count). The Labute approximate surface area is 136 Å². The van der Waals surface area contributed by atoms with Crippen molar-refractivity contribution >= 4 is 5.91 Å². The zero-order valence-corrected chi connectivity index (χ0v) is 13.7. The molecule has 0 unspecified atom stereocenters. The fourth-order valence-corrected chi connectivity index (χ4v) is 3.73. The third kappa shape index (κ3) is 3.75. The van der Waals surface area contributed by atoms with Crippen molar-refractivity contribution in [2.75, 3.05) is 19.7 Å². The molecular formula is C17H27N3O3. The van der Waals surface area contributed by atoms with Gasteiger partial charge in [-0.1, -0.05) is 0 Å². The van der Waals surface area contributed by atoms with Crippen LogP contribution < -0.4 is 0 Å². The summed E-state index contributed by atoms with van der Waals surface area (Å²) in [4.78, 5) is 14.3. The van der Waals surface area contributed by atoms with Gasteiger partial charge in [-0.25, -0.2) is 0 Å². The molecule has 1 aliphatic carbocycles. The summed E-state index contributed by atoms with van der Waals surface area (Å²) in [5, 5.41) is 27.0. The molecule has 128 valence electrons. The number of aromatic amines is 1. The Morgan fingerprint density at radius 1 is 1.22 bits per heavy atom. The highest BCUT2D eigenvalue weighted by atomic mass is 16.3. The van der Waals surface area contributed by atoms with E-state index in [1.54, 1.807) is 0 Å². The second-order valence-corrected chi connectivity index (χ2v) is 6.95. The SMILES string of the molecule is O=C(CCc1n[nH]c2c1CCCC2)N1CCC[C@](O)(CO)CC1. The number of hydrogen-bond donors (Lipinski definition) is 3. The van der Waals surface area contributed by atoms with E-state index in [4.69, 9.17) is 0 Å². The number of carbonyl (C=O) groups is 1. The number of rotatable bonds is 4. The number of aliphatic hydroxyl groups is 2. The summed E-state index contributed by atoms with van der Waals surface area (Å²) in [6.07, 6.45) is 7.47. The van der Waals surface area contributed by atoms with Crippen LogP contribution in [0.25, 0.3) is 0 Å². The van der Waals surface area contributed by atoms with E-state index in [-0.39, 0.29) is 12.5 Å². The minimum atomic E-state index is -1.02. The van der Waals surface area contributed by atoms with Crippen LogP contribution in [0.5, 0.6) is 0 Å². The highest BCUT2D eigenvalue weighted by Crippen LogP contribution is 2.24. The van der Waals surface area contributed by atoms with E-state index < -0.39 is 5.60 Å². The van der Waals surface area contributed by atoms with Gasteiger partial charge in [0.2, 0.25) is 5.91 Å². The third-order valence-electron chi connectivity index (χ3n) is 5.28. The molecule has 1 atom stereocenters. The molecule has 6 nitrogen and oxygen atoms in total. The van der Waals surface area contributed by atoms with Crippen LogP contribution in [0.3, 0.4) is 0 Å². The number of likely N-dealkylation sites (tertiary alicyclic amines) is 1. The van der Waals surface area contributed by atoms with Gasteiger partial charge in [0.25, 0.3) is 0 Å². The molecule has 0 saturated carbocycles. The quantitative estimate of drug-likeness (QED) is 0.770. The lowest BCUT2D eigenvalue weighted by molar-refractivity contribution is -0.131. The van der Waals surface area contributed by atoms with Crippen LogP contribution in [0.15, 0.2) is 0 Å².